The summed E-state index contributed by atoms with van der Waals surface area (Å²) >= 11 is 6.05. The van der Waals surface area contributed by atoms with Crippen molar-refractivity contribution in [2.24, 2.45) is 0 Å². The van der Waals surface area contributed by atoms with Gasteiger partial charge in [0.15, 0.2) is 9.91 Å². The van der Waals surface area contributed by atoms with Crippen LogP contribution < -0.4 is 15.4 Å². The number of nitrogens with one attached hydrogen (secondary N) is 2. The van der Waals surface area contributed by atoms with Crippen LogP contribution in [0.3, 0.4) is 0 Å². The van der Waals surface area contributed by atoms with Gasteiger partial charge in [-0.1, -0.05) is 11.6 Å². The number of hydrogen-bond acceptors (Lipinski definition) is 2. The zero-order valence-corrected chi connectivity index (χ0v) is 14.1. The molecule has 2 rings (SSSR count). The van der Waals surface area contributed by atoms with E-state index < -0.39 is 20.8 Å². The summed E-state index contributed by atoms with van der Waals surface area (Å²) in [4.78, 5) is 10.4. The predicted molar refractivity (Wildman–Crippen MR) is 92.3 cm³/mol. The Morgan fingerprint density at radius 1 is 1.17 bits per heavy atom. The molecule has 130 valence electrons. The van der Waals surface area contributed by atoms with E-state index in [0.717, 1.165) is 12.1 Å². The number of halogens is 4. The second kappa shape index (κ2) is 6.37. The highest BCUT2D eigenvalue weighted by Crippen LogP contribution is 2.68. The molecule has 0 bridgehead atoms. The van der Waals surface area contributed by atoms with E-state index >= 15 is 0 Å². The van der Waals surface area contributed by atoms with Crippen LogP contribution in [0.4, 0.5) is 22.1 Å². The van der Waals surface area contributed by atoms with Crippen LogP contribution in [-0.2, 0) is 0 Å². The van der Waals surface area contributed by atoms with Crippen molar-refractivity contribution < 1.29 is 21.2 Å². The molecule has 0 radical (unpaired) electrons. The van der Waals surface area contributed by atoms with Crippen LogP contribution in [-0.4, -0.2) is 18.9 Å². The van der Waals surface area contributed by atoms with Gasteiger partial charge in [0.2, 0.25) is 0 Å². The SMILES string of the molecule is C=S(F)(F)(F)c1ccc(Oc2ccc(NC(=O)NC)cc2Cl)cc1. The minimum absolute atomic E-state index is 0.198. The number of hydrogen-bond donors (Lipinski definition) is 2. The van der Waals surface area contributed by atoms with Crippen molar-refractivity contribution in [1.82, 2.24) is 5.32 Å². The Bertz CT molecular complexity index is 826. The first-order chi connectivity index (χ1) is 11.0. The Balaban J connectivity index is 2.17. The molecular weight excluding hydrogens is 365 g/mol. The zero-order valence-electron chi connectivity index (χ0n) is 12.5. The van der Waals surface area contributed by atoms with Gasteiger partial charge >= 0.3 is 6.03 Å². The molecule has 0 aliphatic carbocycles. The maximum absolute atomic E-state index is 13.2. The van der Waals surface area contributed by atoms with Crippen molar-refractivity contribution in [2.75, 3.05) is 12.4 Å². The molecule has 0 aliphatic heterocycles. The predicted octanol–water partition coefficient (Wildman–Crippen LogP) is 5.67. The fourth-order valence-corrected chi connectivity index (χ4v) is 2.60. The number of anilines is 1. The van der Waals surface area contributed by atoms with Gasteiger partial charge in [-0.15, -0.1) is 11.7 Å². The van der Waals surface area contributed by atoms with E-state index in [2.05, 4.69) is 16.5 Å². The average molecular weight is 379 g/mol. The molecular formula is C15H14ClF3N2O2S. The van der Waals surface area contributed by atoms with Gasteiger partial charge in [-0.25, -0.2) is 4.79 Å². The number of urea groups is 1. The first kappa shape index (κ1) is 18.2. The third-order valence-electron chi connectivity index (χ3n) is 2.90. The summed E-state index contributed by atoms with van der Waals surface area (Å²) in [6.45, 7) is 0. The maximum Gasteiger partial charge on any atom is 0.318 e. The lowest BCUT2D eigenvalue weighted by molar-refractivity contribution is 0.254. The molecule has 24 heavy (non-hydrogen) atoms. The third-order valence-corrected chi connectivity index (χ3v) is 4.34. The summed E-state index contributed by atoms with van der Waals surface area (Å²) < 4.78 is 45.0. The summed E-state index contributed by atoms with van der Waals surface area (Å²) in [6.07, 6.45) is 0. The Labute approximate surface area is 142 Å². The molecule has 9 heteroatoms. The van der Waals surface area contributed by atoms with Gasteiger partial charge in [-0.2, -0.15) is 0 Å². The number of rotatable bonds is 4. The van der Waals surface area contributed by atoms with E-state index in [1.807, 2.05) is 0 Å². The summed E-state index contributed by atoms with van der Waals surface area (Å²) in [6, 6.07) is 8.33. The van der Waals surface area contributed by atoms with E-state index in [0.29, 0.717) is 5.69 Å². The second-order valence-electron chi connectivity index (χ2n) is 4.80. The van der Waals surface area contributed by atoms with Crippen molar-refractivity contribution >= 4 is 39.1 Å². The molecule has 0 unspecified atom stereocenters. The monoisotopic (exact) mass is 378 g/mol. The minimum atomic E-state index is -6.28. The summed E-state index contributed by atoms with van der Waals surface area (Å²) in [5.41, 5.74) is 0.447. The van der Waals surface area contributed by atoms with Crippen LogP contribution in [0.25, 0.3) is 0 Å². The Morgan fingerprint density at radius 3 is 2.29 bits per heavy atom. The molecule has 0 fully saturated rings. The van der Waals surface area contributed by atoms with Crippen LogP contribution >= 0.6 is 21.5 Å². The van der Waals surface area contributed by atoms with Crippen molar-refractivity contribution in [2.45, 2.75) is 4.90 Å². The summed E-state index contributed by atoms with van der Waals surface area (Å²) in [5.74, 6) is 2.79. The minimum Gasteiger partial charge on any atom is -0.456 e. The lowest BCUT2D eigenvalue weighted by Crippen LogP contribution is -2.24. The van der Waals surface area contributed by atoms with Crippen molar-refractivity contribution in [3.8, 4) is 11.5 Å². The van der Waals surface area contributed by atoms with Gasteiger partial charge in [-0.05, 0) is 48.3 Å². The van der Waals surface area contributed by atoms with Gasteiger partial charge in [-0.3, -0.25) is 0 Å². The number of amides is 2. The van der Waals surface area contributed by atoms with Crippen molar-refractivity contribution in [1.29, 1.82) is 0 Å². The van der Waals surface area contributed by atoms with Gasteiger partial charge in [0, 0.05) is 12.7 Å². The third kappa shape index (κ3) is 4.65. The quantitative estimate of drug-likeness (QED) is 0.673. The summed E-state index contributed by atoms with van der Waals surface area (Å²) in [5, 5.41) is 5.12. The highest BCUT2D eigenvalue weighted by atomic mass is 35.5. The Hall–Kier alpha value is -2.19. The second-order valence-corrected chi connectivity index (χ2v) is 7.44. The first-order valence-corrected chi connectivity index (χ1v) is 8.86. The normalized spacial score (nSPS) is 12.8. The molecule has 0 aromatic heterocycles. The average Bonchev–Trinajstić information content (AvgIpc) is 2.49. The van der Waals surface area contributed by atoms with Crippen molar-refractivity contribution in [3.05, 3.63) is 47.5 Å². The molecule has 0 atom stereocenters. The zero-order chi connectivity index (χ0) is 18.0. The van der Waals surface area contributed by atoms with E-state index in [1.54, 1.807) is 6.07 Å². The molecule has 0 saturated heterocycles. The van der Waals surface area contributed by atoms with Crippen LogP contribution in [0, 0.1) is 0 Å². The maximum atomic E-state index is 13.2. The van der Waals surface area contributed by atoms with Crippen LogP contribution in [0.1, 0.15) is 0 Å². The number of ether oxygens (including phenoxy) is 1. The fourth-order valence-electron chi connectivity index (χ4n) is 1.74. The Kier molecular flexibility index (Phi) is 4.82. The molecule has 0 heterocycles. The fraction of sp³-hybridized carbons (Fsp3) is 0.0667. The molecule has 4 nitrogen and oxygen atoms in total. The lowest BCUT2D eigenvalue weighted by atomic mass is 10.3. The van der Waals surface area contributed by atoms with E-state index in [-0.39, 0.29) is 16.5 Å². The van der Waals surface area contributed by atoms with Crippen LogP contribution in [0.5, 0.6) is 11.5 Å². The highest BCUT2D eigenvalue weighted by molar-refractivity contribution is 8.34. The summed E-state index contributed by atoms with van der Waals surface area (Å²) in [7, 11) is -4.81. The molecule has 0 aliphatic rings. The van der Waals surface area contributed by atoms with Crippen LogP contribution in [0.2, 0.25) is 5.02 Å². The topological polar surface area (TPSA) is 50.4 Å². The number of carbonyl (C=O) groups is 1. The Morgan fingerprint density at radius 2 is 1.79 bits per heavy atom. The first-order valence-electron chi connectivity index (χ1n) is 6.57. The molecule has 2 aromatic carbocycles. The number of carbonyl (C=O) groups excluding carboxylic acids is 1. The van der Waals surface area contributed by atoms with E-state index in [4.69, 9.17) is 16.3 Å². The van der Waals surface area contributed by atoms with Crippen LogP contribution in [0.15, 0.2) is 47.4 Å². The van der Waals surface area contributed by atoms with E-state index in [1.165, 1.54) is 31.3 Å². The standard InChI is InChI=1S/C15H14ClF3N2O2S/c1-20-15(22)21-10-3-8-14(13(16)9-10)23-11-4-6-12(7-5-11)24(2,17,18)19/h3-9H,2H2,1H3,(H2,20,21,22). The molecule has 0 saturated carbocycles. The van der Waals surface area contributed by atoms with E-state index in [9.17, 15) is 16.5 Å². The highest BCUT2D eigenvalue weighted by Gasteiger charge is 2.29. The largest absolute Gasteiger partial charge is 0.456 e. The van der Waals surface area contributed by atoms with Crippen molar-refractivity contribution in [3.63, 3.8) is 0 Å². The molecule has 2 aromatic rings. The van der Waals surface area contributed by atoms with Gasteiger partial charge in [0.05, 0.1) is 9.92 Å². The van der Waals surface area contributed by atoms with Gasteiger partial charge in [0.1, 0.15) is 11.5 Å². The smallest absolute Gasteiger partial charge is 0.318 e. The molecule has 2 N–H and O–H groups in total. The molecule has 2 amide bonds. The lowest BCUT2D eigenvalue weighted by Gasteiger charge is -2.20. The molecule has 0 spiro atoms. The van der Waals surface area contributed by atoms with Gasteiger partial charge < -0.3 is 15.4 Å². The number of benzene rings is 2. The van der Waals surface area contributed by atoms with Gasteiger partial charge in [0.25, 0.3) is 0 Å².